The quantitative estimate of drug-likeness (QED) is 0.676. The summed E-state index contributed by atoms with van der Waals surface area (Å²) in [4.78, 5) is 12.8. The van der Waals surface area contributed by atoms with Crippen molar-refractivity contribution in [2.45, 2.75) is 26.3 Å². The summed E-state index contributed by atoms with van der Waals surface area (Å²) in [5, 5.41) is 14.4. The van der Waals surface area contributed by atoms with Gasteiger partial charge in [0.2, 0.25) is 0 Å². The largest absolute Gasteiger partial charge is 0.487 e. The summed E-state index contributed by atoms with van der Waals surface area (Å²) in [5.41, 5.74) is 1.02. The van der Waals surface area contributed by atoms with Crippen LogP contribution in [0.4, 0.5) is 11.4 Å². The van der Waals surface area contributed by atoms with Gasteiger partial charge in [0.25, 0.3) is 0 Å². The molecule has 0 atom stereocenters. The minimum absolute atomic E-state index is 0.0185. The normalized spacial score (nSPS) is 17.9. The lowest BCUT2D eigenvalue weighted by atomic mass is 10.0. The zero-order valence-electron chi connectivity index (χ0n) is 12.2. The summed E-state index contributed by atoms with van der Waals surface area (Å²) >= 11 is 0. The van der Waals surface area contributed by atoms with Crippen LogP contribution in [0.3, 0.4) is 0 Å². The van der Waals surface area contributed by atoms with Crippen molar-refractivity contribution in [1.82, 2.24) is 5.32 Å². The monoisotopic (exact) mass is 279 g/mol. The Labute approximate surface area is 118 Å². The van der Waals surface area contributed by atoms with Crippen LogP contribution in [0.2, 0.25) is 0 Å². The highest BCUT2D eigenvalue weighted by Crippen LogP contribution is 2.32. The first-order valence-corrected chi connectivity index (χ1v) is 6.84. The number of hydrogen-bond acceptors (Lipinski definition) is 5. The summed E-state index contributed by atoms with van der Waals surface area (Å²) in [6.45, 7) is 9.17. The van der Waals surface area contributed by atoms with Crippen LogP contribution >= 0.6 is 0 Å². The van der Waals surface area contributed by atoms with Crippen LogP contribution in [0.25, 0.3) is 0 Å². The molecular weight excluding hydrogens is 258 g/mol. The van der Waals surface area contributed by atoms with Gasteiger partial charge in [-0.05, 0) is 26.8 Å². The van der Waals surface area contributed by atoms with Crippen molar-refractivity contribution in [2.75, 3.05) is 31.1 Å². The Morgan fingerprint density at radius 1 is 1.50 bits per heavy atom. The number of ether oxygens (including phenoxy) is 1. The molecule has 1 N–H and O–H groups in total. The van der Waals surface area contributed by atoms with Gasteiger partial charge in [0.05, 0.1) is 11.5 Å². The van der Waals surface area contributed by atoms with E-state index in [1.165, 1.54) is 6.07 Å². The van der Waals surface area contributed by atoms with Crippen LogP contribution in [-0.2, 0) is 0 Å². The summed E-state index contributed by atoms with van der Waals surface area (Å²) < 4.78 is 5.40. The molecule has 1 aliphatic rings. The number of nitro groups is 1. The van der Waals surface area contributed by atoms with Crippen molar-refractivity contribution >= 4 is 11.4 Å². The van der Waals surface area contributed by atoms with Crippen molar-refractivity contribution in [3.05, 3.63) is 28.3 Å². The molecule has 0 bridgehead atoms. The summed E-state index contributed by atoms with van der Waals surface area (Å²) in [6, 6.07) is 5.08. The molecule has 1 heterocycles. The molecule has 1 aromatic rings. The molecule has 0 unspecified atom stereocenters. The second-order valence-electron chi connectivity index (χ2n) is 5.57. The van der Waals surface area contributed by atoms with Gasteiger partial charge in [-0.25, -0.2) is 0 Å². The second-order valence-corrected chi connectivity index (χ2v) is 5.57. The van der Waals surface area contributed by atoms with Gasteiger partial charge >= 0.3 is 5.69 Å². The van der Waals surface area contributed by atoms with Crippen LogP contribution in [0.5, 0.6) is 5.75 Å². The van der Waals surface area contributed by atoms with Crippen LogP contribution < -0.4 is 15.0 Å². The first-order chi connectivity index (χ1) is 9.43. The molecule has 0 spiro atoms. The van der Waals surface area contributed by atoms with Crippen LogP contribution in [0, 0.1) is 10.1 Å². The van der Waals surface area contributed by atoms with E-state index in [-0.39, 0.29) is 11.2 Å². The Kier molecular flexibility index (Phi) is 4.13. The molecule has 6 nitrogen and oxygen atoms in total. The Balaban J connectivity index is 2.28. The van der Waals surface area contributed by atoms with Crippen molar-refractivity contribution < 1.29 is 9.66 Å². The summed E-state index contributed by atoms with van der Waals surface area (Å²) in [6.07, 6.45) is 0. The number of nitrogens with one attached hydrogen (secondary N) is 1. The molecule has 2 rings (SSSR count). The molecule has 6 heteroatoms. The fourth-order valence-corrected chi connectivity index (χ4v) is 2.48. The van der Waals surface area contributed by atoms with Gasteiger partial charge in [0, 0.05) is 43.0 Å². The van der Waals surface area contributed by atoms with Crippen molar-refractivity contribution in [2.24, 2.45) is 0 Å². The maximum Gasteiger partial charge on any atom is 0.311 e. The average molecular weight is 279 g/mol. The maximum absolute atomic E-state index is 11.0. The summed E-state index contributed by atoms with van der Waals surface area (Å²) in [5.74, 6) is 0.339. The number of nitro benzene ring substituents is 1. The minimum Gasteiger partial charge on any atom is -0.487 e. The molecule has 0 aliphatic carbocycles. The van der Waals surface area contributed by atoms with Gasteiger partial charge in [0.15, 0.2) is 5.75 Å². The number of rotatable bonds is 4. The van der Waals surface area contributed by atoms with E-state index in [2.05, 4.69) is 24.1 Å². The fourth-order valence-electron chi connectivity index (χ4n) is 2.48. The highest BCUT2D eigenvalue weighted by atomic mass is 16.6. The van der Waals surface area contributed by atoms with E-state index >= 15 is 0 Å². The smallest absolute Gasteiger partial charge is 0.311 e. The lowest BCUT2D eigenvalue weighted by Crippen LogP contribution is -2.57. The second kappa shape index (κ2) is 5.66. The van der Waals surface area contributed by atoms with Crippen LogP contribution in [-0.4, -0.2) is 36.7 Å². The van der Waals surface area contributed by atoms with Gasteiger partial charge in [-0.2, -0.15) is 0 Å². The molecule has 0 radical (unpaired) electrons. The van der Waals surface area contributed by atoms with E-state index in [0.717, 1.165) is 25.3 Å². The lowest BCUT2D eigenvalue weighted by molar-refractivity contribution is -0.385. The van der Waals surface area contributed by atoms with E-state index in [0.29, 0.717) is 12.4 Å². The number of anilines is 1. The van der Waals surface area contributed by atoms with Crippen LogP contribution in [0.15, 0.2) is 18.2 Å². The number of benzene rings is 1. The van der Waals surface area contributed by atoms with Crippen LogP contribution in [0.1, 0.15) is 20.8 Å². The fraction of sp³-hybridized carbons (Fsp3) is 0.571. The SMILES string of the molecule is CCOc1cc(N2CCNC(C)(C)C2)ccc1[N+](=O)[O-]. The van der Waals surface area contributed by atoms with Crippen molar-refractivity contribution in [3.8, 4) is 5.75 Å². The van der Waals surface area contributed by atoms with Gasteiger partial charge in [-0.15, -0.1) is 0 Å². The Morgan fingerprint density at radius 2 is 2.25 bits per heavy atom. The maximum atomic E-state index is 11.0. The molecule has 1 fully saturated rings. The Bertz CT molecular complexity index is 502. The Hall–Kier alpha value is -1.82. The van der Waals surface area contributed by atoms with Gasteiger partial charge < -0.3 is 15.0 Å². The molecule has 1 saturated heterocycles. The molecule has 1 aliphatic heterocycles. The molecule has 1 aromatic carbocycles. The molecule has 110 valence electrons. The predicted molar refractivity (Wildman–Crippen MR) is 78.6 cm³/mol. The molecule has 0 aromatic heterocycles. The Morgan fingerprint density at radius 3 is 2.85 bits per heavy atom. The van der Waals surface area contributed by atoms with E-state index in [1.807, 2.05) is 6.92 Å². The standard InChI is InChI=1S/C14H21N3O3/c1-4-20-13-9-11(5-6-12(13)17(18)19)16-8-7-15-14(2,3)10-16/h5-6,9,15H,4,7-8,10H2,1-3H3. The highest BCUT2D eigenvalue weighted by Gasteiger charge is 2.27. The lowest BCUT2D eigenvalue weighted by Gasteiger charge is -2.40. The third-order valence-corrected chi connectivity index (χ3v) is 3.38. The molecular formula is C14H21N3O3. The number of piperazine rings is 1. The average Bonchev–Trinajstić information content (AvgIpc) is 2.37. The summed E-state index contributed by atoms with van der Waals surface area (Å²) in [7, 11) is 0. The van der Waals surface area contributed by atoms with E-state index in [9.17, 15) is 10.1 Å². The minimum atomic E-state index is -0.406. The zero-order valence-corrected chi connectivity index (χ0v) is 12.2. The van der Waals surface area contributed by atoms with Gasteiger partial charge in [-0.1, -0.05) is 0 Å². The number of nitrogens with zero attached hydrogens (tertiary/aromatic N) is 2. The van der Waals surface area contributed by atoms with Gasteiger partial charge in [0.1, 0.15) is 0 Å². The van der Waals surface area contributed by atoms with E-state index in [4.69, 9.17) is 4.74 Å². The molecule has 20 heavy (non-hydrogen) atoms. The van der Waals surface area contributed by atoms with Crippen molar-refractivity contribution in [1.29, 1.82) is 0 Å². The third-order valence-electron chi connectivity index (χ3n) is 3.38. The molecule has 0 amide bonds. The first-order valence-electron chi connectivity index (χ1n) is 6.84. The van der Waals surface area contributed by atoms with Crippen molar-refractivity contribution in [3.63, 3.8) is 0 Å². The number of hydrogen-bond donors (Lipinski definition) is 1. The van der Waals surface area contributed by atoms with E-state index in [1.54, 1.807) is 12.1 Å². The predicted octanol–water partition coefficient (Wildman–Crippen LogP) is 2.18. The molecule has 0 saturated carbocycles. The topological polar surface area (TPSA) is 67.6 Å². The van der Waals surface area contributed by atoms with Gasteiger partial charge in [-0.3, -0.25) is 10.1 Å². The van der Waals surface area contributed by atoms with E-state index < -0.39 is 4.92 Å². The third kappa shape index (κ3) is 3.19. The first kappa shape index (κ1) is 14.6. The highest BCUT2D eigenvalue weighted by molar-refractivity contribution is 5.59. The zero-order chi connectivity index (χ0) is 14.8.